The number of amides is 4. The number of aliphatic carboxylic acids is 1. The van der Waals surface area contributed by atoms with Gasteiger partial charge in [0.2, 0.25) is 11.8 Å². The number of likely N-dealkylation sites (tertiary alicyclic amines) is 1. The van der Waals surface area contributed by atoms with Crippen molar-refractivity contribution in [3.63, 3.8) is 0 Å². The topological polar surface area (TPSA) is 289 Å². The molecule has 1 unspecified atom stereocenters. The number of ether oxygens (including phenoxy) is 11. The molecule has 5 saturated heterocycles. The molecule has 5 fully saturated rings. The molecular formula is C72H146BBrN10O17U. The molecule has 0 saturated carbocycles. The second-order valence-electron chi connectivity index (χ2n) is 27.5. The van der Waals surface area contributed by atoms with Gasteiger partial charge in [-0.05, 0) is 115 Å². The van der Waals surface area contributed by atoms with Gasteiger partial charge in [-0.15, -0.1) is 0 Å². The van der Waals surface area contributed by atoms with Gasteiger partial charge in [-0.1, -0.05) is 76.7 Å². The molecule has 600 valence electrons. The Bertz CT molecular complexity index is 2030. The number of rotatable bonds is 36. The van der Waals surface area contributed by atoms with E-state index < -0.39 is 41.4 Å². The number of carboxylic acid groups (broad SMARTS) is 1. The van der Waals surface area contributed by atoms with E-state index in [1.54, 1.807) is 27.7 Å². The summed E-state index contributed by atoms with van der Waals surface area (Å²) in [4.78, 5) is 74.1. The van der Waals surface area contributed by atoms with Crippen LogP contribution in [-0.4, -0.2) is 332 Å². The first-order valence-corrected chi connectivity index (χ1v) is 38.8. The van der Waals surface area contributed by atoms with Crippen LogP contribution in [0.3, 0.4) is 0 Å². The van der Waals surface area contributed by atoms with Crippen molar-refractivity contribution in [3.8, 4) is 0 Å². The summed E-state index contributed by atoms with van der Waals surface area (Å²) in [6.07, 6.45) is 3.28. The van der Waals surface area contributed by atoms with E-state index in [9.17, 15) is 24.0 Å². The van der Waals surface area contributed by atoms with Gasteiger partial charge in [-0.2, -0.15) is 0 Å². The number of hydrogen-bond donors (Lipinski definition) is 5. The Morgan fingerprint density at radius 3 is 1.39 bits per heavy atom. The summed E-state index contributed by atoms with van der Waals surface area (Å²) < 4.78 is 63.8. The minimum atomic E-state index is -1.04. The smallest absolute Gasteiger partial charge is 0.408 e. The molecule has 6 N–H and O–H groups in total. The molecule has 5 rings (SSSR count). The number of alkyl carbamates (subject to hydrolysis) is 2. The molecule has 27 nitrogen and oxygen atoms in total. The summed E-state index contributed by atoms with van der Waals surface area (Å²) in [5.41, 5.74) is 4.14. The van der Waals surface area contributed by atoms with E-state index in [1.807, 2.05) is 88.0 Å². The number of piperidine rings is 1. The zero-order valence-electron chi connectivity index (χ0n) is 67.8. The van der Waals surface area contributed by atoms with Crippen molar-refractivity contribution >= 4 is 54.3 Å². The van der Waals surface area contributed by atoms with Gasteiger partial charge in [0.25, 0.3) is 0 Å². The molecule has 102 heavy (non-hydrogen) atoms. The van der Waals surface area contributed by atoms with Crippen LogP contribution in [-0.2, 0) is 66.5 Å². The fraction of sp³-hybridized carbons (Fsp3) is 0.931. The third-order valence-corrected chi connectivity index (χ3v) is 17.7. The molecule has 4 amide bonds. The number of alkyl halides is 1. The average Bonchev–Trinajstić information content (AvgIpc) is 0.852. The summed E-state index contributed by atoms with van der Waals surface area (Å²) in [6, 6.07) is -1.54. The molecule has 2 radical (unpaired) electrons. The molecule has 5 aliphatic rings. The predicted octanol–water partition coefficient (Wildman–Crippen LogP) is 6.84. The van der Waals surface area contributed by atoms with Crippen molar-refractivity contribution in [2.75, 3.05) is 216 Å². The molecule has 30 heteroatoms. The molecule has 0 spiro atoms. The molecule has 0 aromatic heterocycles. The van der Waals surface area contributed by atoms with E-state index in [2.05, 4.69) is 78.6 Å². The Morgan fingerprint density at radius 2 is 1.00 bits per heavy atom. The Morgan fingerprint density at radius 1 is 0.598 bits per heavy atom. The quantitative estimate of drug-likeness (QED) is 0.0186. The van der Waals surface area contributed by atoms with Crippen molar-refractivity contribution in [1.82, 2.24) is 45.3 Å². The van der Waals surface area contributed by atoms with Crippen molar-refractivity contribution in [1.29, 1.82) is 1.34 Å². The molecule has 7 atom stereocenters. The molecule has 5 heterocycles. The first-order chi connectivity index (χ1) is 48.6. The minimum absolute atomic E-state index is 0. The maximum absolute atomic E-state index is 13.5. The van der Waals surface area contributed by atoms with Crippen molar-refractivity contribution < 1.29 is 112 Å². The maximum Gasteiger partial charge on any atom is 0.408 e. The first kappa shape index (κ1) is 102. The number of carbonyl (C=O) groups excluding carboxylic acids is 4. The van der Waals surface area contributed by atoms with Gasteiger partial charge in [0.05, 0.1) is 64.3 Å². The van der Waals surface area contributed by atoms with Gasteiger partial charge in [0.1, 0.15) is 23.3 Å². The van der Waals surface area contributed by atoms with E-state index in [-0.39, 0.29) is 73.5 Å². The van der Waals surface area contributed by atoms with Gasteiger partial charge < -0.3 is 88.7 Å². The van der Waals surface area contributed by atoms with Crippen LogP contribution < -0.4 is 21.7 Å². The van der Waals surface area contributed by atoms with E-state index in [0.717, 1.165) is 189 Å². The summed E-state index contributed by atoms with van der Waals surface area (Å²) in [7, 11) is 3.75. The van der Waals surface area contributed by atoms with E-state index in [4.69, 9.17) is 64.3 Å². The van der Waals surface area contributed by atoms with Gasteiger partial charge in [0.15, 0.2) is 12.6 Å². The zero-order valence-corrected chi connectivity index (χ0v) is 72.5. The summed E-state index contributed by atoms with van der Waals surface area (Å²) in [5.74, 6) is -0.0884. The molecule has 0 bridgehead atoms. The Hall–Kier alpha value is -2.05. The first-order valence-electron chi connectivity index (χ1n) is 38.2. The second-order valence-corrected chi connectivity index (χ2v) is 28.2. The van der Waals surface area contributed by atoms with Crippen LogP contribution in [0.1, 0.15) is 157 Å². The largest absolute Gasteiger partial charge is 0.480 e. The van der Waals surface area contributed by atoms with Crippen LogP contribution in [0.25, 0.3) is 0 Å². The normalized spacial score (nSPS) is 18.8. The Labute approximate surface area is 652 Å². The number of hydrogen-bond acceptors (Lipinski definition) is 22. The number of nitrogens with zero attached hydrogens (tertiary/aromatic N) is 6. The zero-order chi connectivity index (χ0) is 77.3. The number of morpholine rings is 4. The van der Waals surface area contributed by atoms with Gasteiger partial charge in [0, 0.05) is 203 Å². The molecular weight excluding hydrogens is 1610 g/mol. The van der Waals surface area contributed by atoms with Gasteiger partial charge in [-0.3, -0.25) is 29.2 Å². The SMILES string of the molecule is CCOC(C)CN(CCN1CCOCC1)C(=O)[C@@H](NC(=O)OC(C)(C)C)[C@@H](C)CC.CCOC(CBr)OCC.CCOC(CNCCN1CCOCC1)OCC.CC[C@H](C)[C@@H]1CCCN(CCN2CCOCC2)C1=O.CC[C@H](C)[C@H](NC(=O)OC(C)(C)C)C(=O)O.NCCN1CCOCC1.[3H][B].[U]. The number of carbonyl (C=O) groups is 5. The Kier molecular flexibility index (Phi) is 63.8. The second kappa shape index (κ2) is 63.8. The van der Waals surface area contributed by atoms with E-state index in [0.29, 0.717) is 64.4 Å². The summed E-state index contributed by atoms with van der Waals surface area (Å²) in [6.45, 7) is 61.6. The van der Waals surface area contributed by atoms with Crippen LogP contribution in [0.5, 0.6) is 0 Å². The van der Waals surface area contributed by atoms with Crippen LogP contribution in [0.4, 0.5) is 9.59 Å². The molecule has 5 aliphatic heterocycles. The molecule has 0 aromatic carbocycles. The van der Waals surface area contributed by atoms with E-state index in [1.165, 1.54) is 6.42 Å². The average molecular weight is 1750 g/mol. The van der Waals surface area contributed by atoms with Crippen LogP contribution in [0.15, 0.2) is 0 Å². The third kappa shape index (κ3) is 52.1. The van der Waals surface area contributed by atoms with Crippen molar-refractivity contribution in [3.05, 3.63) is 0 Å². The maximum atomic E-state index is 13.5. The summed E-state index contributed by atoms with van der Waals surface area (Å²) >= 11 is 3.27. The number of halogens is 1. The number of carboxylic acids is 1. The minimum Gasteiger partial charge on any atom is -0.480 e. The van der Waals surface area contributed by atoms with Crippen molar-refractivity contribution in [2.24, 2.45) is 29.4 Å². The standard InChI is InChI=1S/C22H43N3O5.C15H28N2O2.C12H26N2O3.C11H21NO4.C6H13BrO2.C6H14N2O.BH.U/c1-8-17(3)19(23-21(27)30-22(5,6)7)20(26)25(16-18(4)29-9-2)11-10-24-12-14-28-15-13-24;1-3-13(2)14-5-4-6-17(15(14)18)8-7-16-9-11-19-12-10-16;1-3-16-12(17-4-2)11-13-5-6-14-7-9-15-10-8-14;1-6-7(2)8(9(13)14)12-10(15)16-11(3,4)5;1-3-8-6(5-7)9-4-2;7-1-2-8-3-5-9-6-4-8;;/h17-19H,8-16H2,1-7H3,(H,23,27);13-14H,3-12H2,1-2H3;12-13H,3-11H2,1-2H3;7-8H,6H2,1-5H3,(H,12,15)(H,13,14);6H,3-5H2,1-2H3;1-7H2;1H;/t17-,18?,19-;13-,14-;;7-,8-;;;;/m00.0..../s1/i;;;;;;1T;. The monoisotopic (exact) mass is 1750 g/mol. The summed E-state index contributed by atoms with van der Waals surface area (Å²) in [5, 5.41) is 18.3. The van der Waals surface area contributed by atoms with Crippen LogP contribution >= 0.6 is 15.9 Å². The number of nitrogens with one attached hydrogen (secondary N) is 3. The predicted molar refractivity (Wildman–Crippen MR) is 405 cm³/mol. The van der Waals surface area contributed by atoms with Crippen molar-refractivity contribution in [2.45, 2.75) is 199 Å². The Balaban J connectivity index is -0.00000121. The third-order valence-electron chi connectivity index (χ3n) is 17.1. The number of nitrogens with two attached hydrogens (primary N) is 1. The van der Waals surface area contributed by atoms with Crippen LogP contribution in [0, 0.1) is 54.8 Å². The van der Waals surface area contributed by atoms with Crippen LogP contribution in [0.2, 0.25) is 0 Å². The van der Waals surface area contributed by atoms with Gasteiger partial charge >= 0.3 is 18.2 Å². The fourth-order valence-electron chi connectivity index (χ4n) is 10.9. The fourth-order valence-corrected chi connectivity index (χ4v) is 11.3. The van der Waals surface area contributed by atoms with E-state index >= 15 is 0 Å². The molecule has 0 aliphatic carbocycles. The van der Waals surface area contributed by atoms with Gasteiger partial charge in [-0.25, -0.2) is 14.4 Å². The molecule has 0 aromatic rings.